The molecule has 27 heavy (non-hydrogen) atoms. The number of nitrogens with zero attached hydrogens (tertiary/aromatic N) is 1. The van der Waals surface area contributed by atoms with Crippen LogP contribution in [0.4, 0.5) is 5.69 Å². The first-order valence-electron chi connectivity index (χ1n) is 8.09. The molecule has 0 fully saturated rings. The minimum atomic E-state index is -0.376. The quantitative estimate of drug-likeness (QED) is 0.511. The lowest BCUT2D eigenvalue weighted by Crippen LogP contribution is -2.17. The molecule has 0 spiro atoms. The maximum absolute atomic E-state index is 12.2. The Balaban J connectivity index is 1.59. The molecule has 3 aromatic rings. The van der Waals surface area contributed by atoms with Crippen molar-refractivity contribution in [3.8, 4) is 0 Å². The summed E-state index contributed by atoms with van der Waals surface area (Å²) in [6, 6.07) is 16.8. The van der Waals surface area contributed by atoms with Gasteiger partial charge in [0.25, 0.3) is 11.8 Å². The van der Waals surface area contributed by atoms with E-state index in [0.29, 0.717) is 27.6 Å². The molecule has 0 unspecified atom stereocenters. The Hall–Kier alpha value is -3.38. The molecule has 1 heterocycles. The summed E-state index contributed by atoms with van der Waals surface area (Å²) in [5.74, 6) is 0.609. The molecule has 7 heteroatoms. The van der Waals surface area contributed by atoms with Gasteiger partial charge < -0.3 is 9.73 Å². The molecule has 0 aliphatic carbocycles. The van der Waals surface area contributed by atoms with E-state index in [9.17, 15) is 9.59 Å². The summed E-state index contributed by atoms with van der Waals surface area (Å²) in [6.45, 7) is 1.82. The summed E-state index contributed by atoms with van der Waals surface area (Å²) in [7, 11) is 0. The number of halogens is 1. The van der Waals surface area contributed by atoms with Crippen LogP contribution in [-0.2, 0) is 0 Å². The van der Waals surface area contributed by atoms with E-state index in [1.165, 1.54) is 6.21 Å². The highest BCUT2D eigenvalue weighted by atomic mass is 35.5. The average molecular weight is 382 g/mol. The Morgan fingerprint density at radius 2 is 1.74 bits per heavy atom. The number of hydrogen-bond donors (Lipinski definition) is 2. The second-order valence-electron chi connectivity index (χ2n) is 5.66. The highest BCUT2D eigenvalue weighted by molar-refractivity contribution is 6.34. The molecular formula is C20H16ClN3O3. The van der Waals surface area contributed by atoms with Crippen molar-refractivity contribution in [2.45, 2.75) is 6.92 Å². The van der Waals surface area contributed by atoms with Crippen LogP contribution in [0, 0.1) is 6.92 Å². The van der Waals surface area contributed by atoms with Gasteiger partial charge in [-0.1, -0.05) is 23.7 Å². The predicted octanol–water partition coefficient (Wildman–Crippen LogP) is 4.26. The van der Waals surface area contributed by atoms with E-state index in [1.807, 2.05) is 6.92 Å². The predicted molar refractivity (Wildman–Crippen MR) is 104 cm³/mol. The first kappa shape index (κ1) is 18.4. The number of carbonyl (C=O) groups is 2. The number of rotatable bonds is 5. The van der Waals surface area contributed by atoms with Crippen LogP contribution in [0.15, 0.2) is 70.2 Å². The Bertz CT molecular complexity index is 994. The number of anilines is 1. The Kier molecular flexibility index (Phi) is 5.68. The maximum atomic E-state index is 12.2. The number of aryl methyl sites for hydroxylation is 1. The third-order valence-electron chi connectivity index (χ3n) is 3.64. The second kappa shape index (κ2) is 8.33. The van der Waals surface area contributed by atoms with Gasteiger partial charge in [0.1, 0.15) is 11.5 Å². The molecule has 0 bridgehead atoms. The lowest BCUT2D eigenvalue weighted by Gasteiger charge is -2.07. The third kappa shape index (κ3) is 4.83. The van der Waals surface area contributed by atoms with E-state index in [0.717, 1.165) is 5.76 Å². The fourth-order valence-corrected chi connectivity index (χ4v) is 2.51. The van der Waals surface area contributed by atoms with Crippen molar-refractivity contribution in [2.75, 3.05) is 5.32 Å². The Morgan fingerprint density at radius 3 is 2.41 bits per heavy atom. The fraction of sp³-hybridized carbons (Fsp3) is 0.0500. The van der Waals surface area contributed by atoms with Crippen LogP contribution in [0.1, 0.15) is 32.2 Å². The number of nitrogens with one attached hydrogen (secondary N) is 2. The van der Waals surface area contributed by atoms with Gasteiger partial charge in [0.15, 0.2) is 0 Å². The van der Waals surface area contributed by atoms with Crippen molar-refractivity contribution in [3.05, 3.63) is 88.3 Å². The largest absolute Gasteiger partial charge is 0.460 e. The van der Waals surface area contributed by atoms with Crippen LogP contribution >= 0.6 is 11.6 Å². The molecule has 6 nitrogen and oxygen atoms in total. The number of hydrazone groups is 1. The highest BCUT2D eigenvalue weighted by Crippen LogP contribution is 2.17. The van der Waals surface area contributed by atoms with Gasteiger partial charge in [-0.05, 0) is 55.5 Å². The number of amides is 2. The van der Waals surface area contributed by atoms with Gasteiger partial charge in [-0.3, -0.25) is 9.59 Å². The average Bonchev–Trinajstić information content (AvgIpc) is 3.07. The van der Waals surface area contributed by atoms with Crippen LogP contribution in [0.5, 0.6) is 0 Å². The van der Waals surface area contributed by atoms with Crippen molar-refractivity contribution < 1.29 is 14.0 Å². The van der Waals surface area contributed by atoms with E-state index in [4.69, 9.17) is 16.0 Å². The fourth-order valence-electron chi connectivity index (χ4n) is 2.29. The molecule has 2 amide bonds. The van der Waals surface area contributed by atoms with Crippen molar-refractivity contribution >= 4 is 35.3 Å². The smallest absolute Gasteiger partial charge is 0.271 e. The van der Waals surface area contributed by atoms with Crippen LogP contribution in [0.2, 0.25) is 5.02 Å². The van der Waals surface area contributed by atoms with Gasteiger partial charge in [0, 0.05) is 11.3 Å². The highest BCUT2D eigenvalue weighted by Gasteiger charge is 2.10. The molecule has 136 valence electrons. The molecule has 0 radical (unpaired) electrons. The van der Waals surface area contributed by atoms with Gasteiger partial charge in [-0.2, -0.15) is 5.10 Å². The lowest BCUT2D eigenvalue weighted by molar-refractivity contribution is 0.0954. The summed E-state index contributed by atoms with van der Waals surface area (Å²) in [5, 5.41) is 6.95. The van der Waals surface area contributed by atoms with E-state index in [-0.39, 0.29) is 11.8 Å². The van der Waals surface area contributed by atoms with E-state index >= 15 is 0 Å². The van der Waals surface area contributed by atoms with Crippen LogP contribution < -0.4 is 10.7 Å². The first-order chi connectivity index (χ1) is 13.0. The molecule has 0 atom stereocenters. The first-order valence-corrected chi connectivity index (χ1v) is 8.46. The zero-order valence-electron chi connectivity index (χ0n) is 14.4. The van der Waals surface area contributed by atoms with E-state index in [1.54, 1.807) is 60.7 Å². The summed E-state index contributed by atoms with van der Waals surface area (Å²) < 4.78 is 5.32. The lowest BCUT2D eigenvalue weighted by atomic mass is 10.1. The normalized spacial score (nSPS) is 10.7. The topological polar surface area (TPSA) is 83.7 Å². The molecule has 0 saturated carbocycles. The maximum Gasteiger partial charge on any atom is 0.271 e. The van der Waals surface area contributed by atoms with Crippen molar-refractivity contribution in [3.63, 3.8) is 0 Å². The molecular weight excluding hydrogens is 366 g/mol. The van der Waals surface area contributed by atoms with Crippen molar-refractivity contribution in [1.82, 2.24) is 5.43 Å². The molecule has 2 aromatic carbocycles. The number of hydrogen-bond acceptors (Lipinski definition) is 4. The molecule has 0 saturated heterocycles. The van der Waals surface area contributed by atoms with Crippen molar-refractivity contribution in [1.29, 1.82) is 0 Å². The van der Waals surface area contributed by atoms with Gasteiger partial charge in [0.05, 0.1) is 16.8 Å². The Labute approximate surface area is 160 Å². The third-order valence-corrected chi connectivity index (χ3v) is 3.97. The van der Waals surface area contributed by atoms with Crippen LogP contribution in [-0.4, -0.2) is 18.0 Å². The summed E-state index contributed by atoms with van der Waals surface area (Å²) in [5.41, 5.74) is 3.74. The van der Waals surface area contributed by atoms with Crippen molar-refractivity contribution in [2.24, 2.45) is 5.10 Å². The number of furan rings is 1. The zero-order chi connectivity index (χ0) is 19.2. The number of benzene rings is 2. The molecule has 0 aliphatic rings. The molecule has 2 N–H and O–H groups in total. The van der Waals surface area contributed by atoms with Gasteiger partial charge in [-0.25, -0.2) is 5.43 Å². The summed E-state index contributed by atoms with van der Waals surface area (Å²) in [4.78, 5) is 24.3. The molecule has 1 aromatic heterocycles. The second-order valence-corrected chi connectivity index (χ2v) is 6.07. The zero-order valence-corrected chi connectivity index (χ0v) is 15.2. The van der Waals surface area contributed by atoms with Gasteiger partial charge in [-0.15, -0.1) is 0 Å². The van der Waals surface area contributed by atoms with Gasteiger partial charge in [0.2, 0.25) is 0 Å². The van der Waals surface area contributed by atoms with Gasteiger partial charge >= 0.3 is 0 Å². The van der Waals surface area contributed by atoms with Crippen LogP contribution in [0.25, 0.3) is 0 Å². The molecule has 3 rings (SSSR count). The monoisotopic (exact) mass is 381 g/mol. The summed E-state index contributed by atoms with van der Waals surface area (Å²) >= 11 is 6.01. The SMILES string of the molecule is Cc1ccc(/C=N\NC(=O)c2ccc(NC(=O)c3ccccc3Cl)cc2)o1. The molecule has 0 aliphatic heterocycles. The minimum Gasteiger partial charge on any atom is -0.460 e. The Morgan fingerprint density at radius 1 is 1.00 bits per heavy atom. The summed E-state index contributed by atoms with van der Waals surface area (Å²) in [6.07, 6.45) is 1.42. The minimum absolute atomic E-state index is 0.323. The van der Waals surface area contributed by atoms with E-state index < -0.39 is 0 Å². The van der Waals surface area contributed by atoms with E-state index in [2.05, 4.69) is 15.8 Å². The number of carbonyl (C=O) groups excluding carboxylic acids is 2. The van der Waals surface area contributed by atoms with Crippen LogP contribution in [0.3, 0.4) is 0 Å². The standard InChI is InChI=1S/C20H16ClN3O3/c1-13-6-11-16(27-13)12-22-24-19(25)14-7-9-15(10-8-14)23-20(26)17-4-2-3-5-18(17)21/h2-12H,1H3,(H,23,26)(H,24,25)/b22-12-.